The number of hydrogen-bond donors (Lipinski definition) is 3. The molecule has 0 aliphatic carbocycles. The van der Waals surface area contributed by atoms with Crippen molar-refractivity contribution in [1.29, 1.82) is 0 Å². The van der Waals surface area contributed by atoms with Crippen LogP contribution >= 0.6 is 34.2 Å². The maximum Gasteiger partial charge on any atom is 0.181 e. The van der Waals surface area contributed by atoms with Gasteiger partial charge in [-0.1, -0.05) is 145 Å². The van der Waals surface area contributed by atoms with Gasteiger partial charge in [-0.15, -0.1) is 22.7 Å². The third kappa shape index (κ3) is 15.7. The summed E-state index contributed by atoms with van der Waals surface area (Å²) in [6.45, 7) is 0. The molecule has 9 heterocycles. The van der Waals surface area contributed by atoms with Gasteiger partial charge in [0, 0.05) is 44.2 Å². The number of fused-ring (bicyclic) bond motifs is 9. The van der Waals surface area contributed by atoms with Crippen molar-refractivity contribution in [1.82, 2.24) is 44.6 Å². The molecule has 396 valence electrons. The second-order valence-electron chi connectivity index (χ2n) is 17.2. The highest BCUT2D eigenvalue weighted by atomic mass is 32.1. The number of aromatic amines is 3. The van der Waals surface area contributed by atoms with Gasteiger partial charge in [0.05, 0.1) is 62.0 Å². The average Bonchev–Trinajstić information content (AvgIpc) is 4.38. The first-order valence-electron chi connectivity index (χ1n) is 25.5. The molecule has 0 saturated heterocycles. The van der Waals surface area contributed by atoms with Gasteiger partial charge in [-0.3, -0.25) is 5.10 Å². The Morgan fingerprint density at radius 2 is 1.00 bits per heavy atom. The minimum Gasteiger partial charge on any atom is -0.464 e. The molecule has 15 heteroatoms. The fourth-order valence-corrected chi connectivity index (χ4v) is 9.91. The molecule has 9 aromatic heterocycles. The minimum absolute atomic E-state index is 0.845. The molecule has 81 heavy (non-hydrogen) atoms. The molecule has 0 aliphatic heterocycles. The maximum atomic E-state index is 5.12. The van der Waals surface area contributed by atoms with Crippen molar-refractivity contribution in [3.8, 4) is 0 Å². The Bertz CT molecular complexity index is 3480. The van der Waals surface area contributed by atoms with E-state index in [0.29, 0.717) is 0 Å². The van der Waals surface area contributed by atoms with Gasteiger partial charge in [-0.05, 0) is 125 Å². The third-order valence-electron chi connectivity index (χ3n) is 11.9. The molecule has 9 aromatic carbocycles. The lowest BCUT2D eigenvalue weighted by molar-refractivity contribution is 0.456. The van der Waals surface area contributed by atoms with Gasteiger partial charge in [0.2, 0.25) is 0 Å². The van der Waals surface area contributed by atoms with Gasteiger partial charge < -0.3 is 23.3 Å². The van der Waals surface area contributed by atoms with Crippen LogP contribution in [0.4, 0.5) is 0 Å². The summed E-state index contributed by atoms with van der Waals surface area (Å²) >= 11 is 5.00. The van der Waals surface area contributed by atoms with E-state index in [9.17, 15) is 0 Å². The first kappa shape index (κ1) is 54.1. The topological polar surface area (TPSA) is 164 Å². The predicted octanol–water partition coefficient (Wildman–Crippen LogP) is 18.9. The number of nitrogens with zero attached hydrogens (tertiary/aromatic N) is 6. The summed E-state index contributed by atoms with van der Waals surface area (Å²) in [5.74, 6) is 0. The number of para-hydroxylation sites is 9. The number of furan rings is 1. The molecular formula is C66H51N9O3S3. The molecule has 0 radical (unpaired) electrons. The summed E-state index contributed by atoms with van der Waals surface area (Å²) in [7, 11) is 0. The lowest BCUT2D eigenvalue weighted by Gasteiger charge is -1.83. The van der Waals surface area contributed by atoms with Crippen molar-refractivity contribution in [3.05, 3.63) is 291 Å². The fraction of sp³-hybridized carbons (Fsp3) is 0. The Kier molecular flexibility index (Phi) is 19.3. The van der Waals surface area contributed by atoms with Crippen LogP contribution in [0.2, 0.25) is 0 Å². The summed E-state index contributed by atoms with van der Waals surface area (Å²) < 4.78 is 22.9. The fourth-order valence-electron chi connectivity index (χ4n) is 7.80. The maximum absolute atomic E-state index is 5.12. The SMILES string of the molecule is c1ccc2[nH]ccc2c1.c1ccc2[nH]cnc2c1.c1ccc2[nH]ncc2c1.c1ccc2occc2c1.c1ccc2ocnc2c1.c1ccc2oncc2c1.c1ccc2sccc2c1.c1ccc2scnc2c1.c1ccc2sncc2c1. The summed E-state index contributed by atoms with van der Waals surface area (Å²) in [4.78, 5) is 18.3. The van der Waals surface area contributed by atoms with Crippen molar-refractivity contribution in [2.24, 2.45) is 0 Å². The number of aromatic nitrogens is 9. The molecule has 0 spiro atoms. The standard InChI is InChI=1S/C8H7N.C8H6O.C8H6S.2C7H6N2.2C7H5NO.2C7H5NS/c3*1-2-4-8-7(3-1)5-6-9-8;1-2-4-7-6(3-1)8-5-9-7;1-2-4-7-6(3-1)5-8-9-7;1-2-4-7-6(3-1)8-5-9-7;1-2-4-7-6(3-1)5-8-9-7;1-2-4-7-6(3-1)8-5-9-7;1-2-4-7-6(3-1)5-8-9-7/h1-6,9H;2*1-6H;2*1-5H,(H,8,9);4*1-5H. The molecule has 18 rings (SSSR count). The van der Waals surface area contributed by atoms with E-state index in [-0.39, 0.29) is 0 Å². The van der Waals surface area contributed by atoms with Crippen LogP contribution in [0.3, 0.4) is 0 Å². The minimum atomic E-state index is 0.845. The first-order chi connectivity index (χ1) is 40.2. The lowest BCUT2D eigenvalue weighted by atomic mass is 10.3. The second-order valence-corrected chi connectivity index (χ2v) is 19.9. The van der Waals surface area contributed by atoms with E-state index < -0.39 is 0 Å². The molecule has 0 atom stereocenters. The third-order valence-corrected chi connectivity index (χ3v) is 14.3. The van der Waals surface area contributed by atoms with Crippen molar-refractivity contribution in [2.75, 3.05) is 0 Å². The summed E-state index contributed by atoms with van der Waals surface area (Å²) in [6, 6.07) is 78.4. The van der Waals surface area contributed by atoms with Crippen molar-refractivity contribution in [2.45, 2.75) is 0 Å². The van der Waals surface area contributed by atoms with Crippen LogP contribution in [0.1, 0.15) is 0 Å². The van der Waals surface area contributed by atoms with E-state index in [1.165, 1.54) is 53.7 Å². The van der Waals surface area contributed by atoms with Crippen molar-refractivity contribution < 1.29 is 13.4 Å². The zero-order valence-electron chi connectivity index (χ0n) is 43.3. The molecule has 0 bridgehead atoms. The average molecular weight is 1110 g/mol. The van der Waals surface area contributed by atoms with Crippen LogP contribution in [0.25, 0.3) is 96.3 Å². The number of hydrogen-bond acceptors (Lipinski definition) is 12. The van der Waals surface area contributed by atoms with Gasteiger partial charge in [-0.25, -0.2) is 15.0 Å². The number of rotatable bonds is 0. The van der Waals surface area contributed by atoms with Crippen molar-refractivity contribution in [3.63, 3.8) is 0 Å². The Hall–Kier alpha value is -10.3. The van der Waals surface area contributed by atoms with E-state index >= 15 is 0 Å². The molecule has 3 N–H and O–H groups in total. The molecule has 0 saturated carbocycles. The van der Waals surface area contributed by atoms with Crippen molar-refractivity contribution >= 4 is 130 Å². The Morgan fingerprint density at radius 3 is 1.73 bits per heavy atom. The highest BCUT2D eigenvalue weighted by Gasteiger charge is 1.96. The normalized spacial score (nSPS) is 10.2. The van der Waals surface area contributed by atoms with Crippen LogP contribution in [-0.2, 0) is 0 Å². The Balaban J connectivity index is 0.000000102. The van der Waals surface area contributed by atoms with Crippen LogP contribution in [-0.4, -0.2) is 44.6 Å². The number of benzene rings is 9. The lowest BCUT2D eigenvalue weighted by Crippen LogP contribution is -1.63. The van der Waals surface area contributed by atoms with Crippen LogP contribution in [0.5, 0.6) is 0 Å². The van der Waals surface area contributed by atoms with E-state index in [0.717, 1.165) is 60.5 Å². The predicted molar refractivity (Wildman–Crippen MR) is 336 cm³/mol. The number of thiophene rings is 1. The van der Waals surface area contributed by atoms with E-state index in [1.807, 2.05) is 194 Å². The first-order valence-corrected chi connectivity index (χ1v) is 28.0. The Labute approximate surface area is 476 Å². The molecule has 0 unspecified atom stereocenters. The van der Waals surface area contributed by atoms with Gasteiger partial charge in [0.25, 0.3) is 0 Å². The van der Waals surface area contributed by atoms with Crippen LogP contribution in [0.15, 0.2) is 305 Å². The highest BCUT2D eigenvalue weighted by Crippen LogP contribution is 2.20. The number of oxazole rings is 1. The van der Waals surface area contributed by atoms with Gasteiger partial charge in [0.15, 0.2) is 17.6 Å². The number of imidazole rings is 1. The van der Waals surface area contributed by atoms with E-state index in [2.05, 4.69) is 117 Å². The summed E-state index contributed by atoms with van der Waals surface area (Å²) in [5.41, 5.74) is 10.9. The van der Waals surface area contributed by atoms with Gasteiger partial charge >= 0.3 is 0 Å². The Morgan fingerprint density at radius 1 is 0.370 bits per heavy atom. The van der Waals surface area contributed by atoms with E-state index in [4.69, 9.17) is 13.4 Å². The van der Waals surface area contributed by atoms with Gasteiger partial charge in [-0.2, -0.15) is 9.47 Å². The molecule has 0 fully saturated rings. The van der Waals surface area contributed by atoms with Crippen LogP contribution in [0, 0.1) is 0 Å². The number of nitrogens with one attached hydrogen (secondary N) is 3. The molecular weight excluding hydrogens is 1060 g/mol. The highest BCUT2D eigenvalue weighted by molar-refractivity contribution is 7.17. The molecule has 18 aromatic rings. The summed E-state index contributed by atoms with van der Waals surface area (Å²) in [6.07, 6.45) is 12.2. The molecule has 0 amide bonds. The summed E-state index contributed by atoms with van der Waals surface area (Å²) in [5, 5.41) is 19.7. The molecule has 12 nitrogen and oxygen atoms in total. The smallest absolute Gasteiger partial charge is 0.181 e. The van der Waals surface area contributed by atoms with E-state index in [1.54, 1.807) is 41.5 Å². The quantitative estimate of drug-likeness (QED) is 0.134. The van der Waals surface area contributed by atoms with Crippen LogP contribution < -0.4 is 0 Å². The number of H-pyrrole nitrogens is 3. The van der Waals surface area contributed by atoms with Gasteiger partial charge in [0.1, 0.15) is 11.1 Å². The second kappa shape index (κ2) is 28.9. The largest absolute Gasteiger partial charge is 0.464 e. The number of thiazole rings is 1. The monoisotopic (exact) mass is 1110 g/mol. The zero-order chi connectivity index (χ0) is 54.9. The zero-order valence-corrected chi connectivity index (χ0v) is 45.8. The molecule has 0 aliphatic rings.